The zero-order valence-corrected chi connectivity index (χ0v) is 14.3. The van der Waals surface area contributed by atoms with Gasteiger partial charge in [0.2, 0.25) is 0 Å². The molecule has 120 valence electrons. The summed E-state index contributed by atoms with van der Waals surface area (Å²) in [7, 11) is 0. The molecular weight excluding hydrogens is 322 g/mol. The van der Waals surface area contributed by atoms with Crippen LogP contribution in [0.2, 0.25) is 0 Å². The zero-order chi connectivity index (χ0) is 15.0. The van der Waals surface area contributed by atoms with Crippen LogP contribution in [0.3, 0.4) is 0 Å². The SMILES string of the molecule is Cc1ccc(-c2nc(C(=O)N3CCC(C)(CN)C3)cs2)o1.Cl. The smallest absolute Gasteiger partial charge is 0.273 e. The quantitative estimate of drug-likeness (QED) is 0.931. The van der Waals surface area contributed by atoms with Crippen molar-refractivity contribution in [2.45, 2.75) is 20.3 Å². The molecule has 3 heterocycles. The van der Waals surface area contributed by atoms with Gasteiger partial charge in [0, 0.05) is 18.5 Å². The number of rotatable bonds is 3. The van der Waals surface area contributed by atoms with E-state index in [1.807, 2.05) is 24.0 Å². The minimum absolute atomic E-state index is 0. The molecule has 1 unspecified atom stereocenters. The first-order valence-corrected chi connectivity index (χ1v) is 7.90. The van der Waals surface area contributed by atoms with Crippen molar-refractivity contribution in [3.8, 4) is 10.8 Å². The predicted octanol–water partition coefficient (Wildman–Crippen LogP) is 2.94. The van der Waals surface area contributed by atoms with Crippen LogP contribution in [-0.4, -0.2) is 35.4 Å². The molecule has 0 aliphatic carbocycles. The van der Waals surface area contributed by atoms with Gasteiger partial charge in [0.15, 0.2) is 10.8 Å². The Morgan fingerprint density at radius 3 is 2.91 bits per heavy atom. The molecular formula is C15H20ClN3O2S. The molecule has 2 aromatic heterocycles. The predicted molar refractivity (Wildman–Crippen MR) is 89.5 cm³/mol. The number of nitrogens with two attached hydrogens (primary N) is 1. The van der Waals surface area contributed by atoms with Crippen LogP contribution in [0, 0.1) is 12.3 Å². The molecule has 0 bridgehead atoms. The molecule has 1 aliphatic rings. The van der Waals surface area contributed by atoms with E-state index in [2.05, 4.69) is 11.9 Å². The molecule has 7 heteroatoms. The molecule has 1 amide bonds. The second-order valence-electron chi connectivity index (χ2n) is 5.94. The number of aromatic nitrogens is 1. The lowest BCUT2D eigenvalue weighted by Gasteiger charge is -2.22. The summed E-state index contributed by atoms with van der Waals surface area (Å²) in [6, 6.07) is 3.77. The molecule has 1 fully saturated rings. The van der Waals surface area contributed by atoms with Crippen molar-refractivity contribution in [1.82, 2.24) is 9.88 Å². The van der Waals surface area contributed by atoms with Crippen LogP contribution in [0.5, 0.6) is 0 Å². The van der Waals surface area contributed by atoms with Crippen LogP contribution in [-0.2, 0) is 0 Å². The molecule has 5 nitrogen and oxygen atoms in total. The largest absolute Gasteiger partial charge is 0.459 e. The fourth-order valence-electron chi connectivity index (χ4n) is 2.56. The number of hydrogen-bond acceptors (Lipinski definition) is 5. The average Bonchev–Trinajstić information content (AvgIpc) is 3.17. The van der Waals surface area contributed by atoms with Crippen LogP contribution < -0.4 is 5.73 Å². The number of carbonyl (C=O) groups is 1. The maximum atomic E-state index is 12.5. The minimum atomic E-state index is -0.0158. The van der Waals surface area contributed by atoms with E-state index in [4.69, 9.17) is 10.2 Å². The van der Waals surface area contributed by atoms with Gasteiger partial charge in [-0.3, -0.25) is 4.79 Å². The van der Waals surface area contributed by atoms with Crippen molar-refractivity contribution in [3.63, 3.8) is 0 Å². The lowest BCUT2D eigenvalue weighted by Crippen LogP contribution is -2.34. The van der Waals surface area contributed by atoms with E-state index >= 15 is 0 Å². The molecule has 2 N–H and O–H groups in total. The molecule has 0 spiro atoms. The Bertz CT molecular complexity index is 669. The molecule has 0 aromatic carbocycles. The normalized spacial score (nSPS) is 21.0. The van der Waals surface area contributed by atoms with Crippen molar-refractivity contribution in [2.75, 3.05) is 19.6 Å². The number of aryl methyl sites for hydroxylation is 1. The fourth-order valence-corrected chi connectivity index (χ4v) is 3.31. The van der Waals surface area contributed by atoms with Crippen LogP contribution >= 0.6 is 23.7 Å². The van der Waals surface area contributed by atoms with Crippen molar-refractivity contribution < 1.29 is 9.21 Å². The minimum Gasteiger partial charge on any atom is -0.459 e. The topological polar surface area (TPSA) is 72.4 Å². The summed E-state index contributed by atoms with van der Waals surface area (Å²) in [5.41, 5.74) is 6.31. The lowest BCUT2D eigenvalue weighted by atomic mass is 9.90. The summed E-state index contributed by atoms with van der Waals surface area (Å²) in [5, 5.41) is 2.54. The molecule has 0 radical (unpaired) electrons. The first kappa shape index (κ1) is 17.0. The summed E-state index contributed by atoms with van der Waals surface area (Å²) >= 11 is 1.43. The highest BCUT2D eigenvalue weighted by Crippen LogP contribution is 2.31. The van der Waals surface area contributed by atoms with Gasteiger partial charge in [0.05, 0.1) is 0 Å². The van der Waals surface area contributed by atoms with Gasteiger partial charge in [-0.1, -0.05) is 6.92 Å². The van der Waals surface area contributed by atoms with Gasteiger partial charge in [0.1, 0.15) is 11.5 Å². The van der Waals surface area contributed by atoms with Crippen LogP contribution in [0.15, 0.2) is 21.9 Å². The summed E-state index contributed by atoms with van der Waals surface area (Å²) in [6.07, 6.45) is 0.948. The maximum absolute atomic E-state index is 12.5. The summed E-state index contributed by atoms with van der Waals surface area (Å²) < 4.78 is 5.55. The Labute approximate surface area is 139 Å². The highest BCUT2D eigenvalue weighted by atomic mass is 35.5. The molecule has 0 saturated carbocycles. The third kappa shape index (κ3) is 3.19. The van der Waals surface area contributed by atoms with E-state index in [9.17, 15) is 4.79 Å². The number of nitrogens with zero attached hydrogens (tertiary/aromatic N) is 2. The first-order valence-electron chi connectivity index (χ1n) is 7.02. The summed E-state index contributed by atoms with van der Waals surface area (Å²) in [4.78, 5) is 18.8. The number of furan rings is 1. The standard InChI is InChI=1S/C15H19N3O2S.ClH/c1-10-3-4-12(20-10)13-17-11(7-21-13)14(19)18-6-5-15(2,8-16)9-18;/h3-4,7H,5-6,8-9,16H2,1-2H3;1H. The molecule has 3 rings (SSSR count). The monoisotopic (exact) mass is 341 g/mol. The van der Waals surface area contributed by atoms with Crippen molar-refractivity contribution >= 4 is 29.7 Å². The Morgan fingerprint density at radius 2 is 2.32 bits per heavy atom. The second-order valence-corrected chi connectivity index (χ2v) is 6.80. The summed E-state index contributed by atoms with van der Waals surface area (Å²) in [6.45, 7) is 6.07. The molecule has 22 heavy (non-hydrogen) atoms. The third-order valence-electron chi connectivity index (χ3n) is 4.01. The third-order valence-corrected chi connectivity index (χ3v) is 4.87. The number of amides is 1. The average molecular weight is 342 g/mol. The Kier molecular flexibility index (Phi) is 4.94. The fraction of sp³-hybridized carbons (Fsp3) is 0.467. The van der Waals surface area contributed by atoms with Crippen LogP contribution in [0.1, 0.15) is 29.6 Å². The van der Waals surface area contributed by atoms with E-state index in [0.29, 0.717) is 24.5 Å². The van der Waals surface area contributed by atoms with Crippen molar-refractivity contribution in [1.29, 1.82) is 0 Å². The van der Waals surface area contributed by atoms with Gasteiger partial charge < -0.3 is 15.1 Å². The van der Waals surface area contributed by atoms with E-state index in [1.54, 1.807) is 5.38 Å². The van der Waals surface area contributed by atoms with Crippen molar-refractivity contribution in [3.05, 3.63) is 29.0 Å². The van der Waals surface area contributed by atoms with Crippen molar-refractivity contribution in [2.24, 2.45) is 11.1 Å². The second kappa shape index (κ2) is 6.40. The van der Waals surface area contributed by atoms with Gasteiger partial charge in [-0.15, -0.1) is 23.7 Å². The van der Waals surface area contributed by atoms with E-state index < -0.39 is 0 Å². The number of carbonyl (C=O) groups excluding carboxylic acids is 1. The van der Waals surface area contributed by atoms with Crippen LogP contribution in [0.4, 0.5) is 0 Å². The van der Waals surface area contributed by atoms with E-state index in [1.165, 1.54) is 11.3 Å². The Morgan fingerprint density at radius 1 is 1.55 bits per heavy atom. The molecule has 2 aromatic rings. The number of halogens is 1. The number of likely N-dealkylation sites (tertiary alicyclic amines) is 1. The van der Waals surface area contributed by atoms with Gasteiger partial charge in [-0.05, 0) is 37.4 Å². The van der Waals surface area contributed by atoms with Gasteiger partial charge in [-0.25, -0.2) is 4.98 Å². The molecule has 1 aliphatic heterocycles. The Balaban J connectivity index is 0.00000176. The zero-order valence-electron chi connectivity index (χ0n) is 12.7. The lowest BCUT2D eigenvalue weighted by molar-refractivity contribution is 0.0772. The number of hydrogen-bond donors (Lipinski definition) is 1. The molecule has 1 atom stereocenters. The maximum Gasteiger partial charge on any atom is 0.273 e. The Hall–Kier alpha value is -1.37. The van der Waals surface area contributed by atoms with Crippen LogP contribution in [0.25, 0.3) is 10.8 Å². The van der Waals surface area contributed by atoms with Gasteiger partial charge in [-0.2, -0.15) is 0 Å². The highest BCUT2D eigenvalue weighted by molar-refractivity contribution is 7.13. The number of thiazole rings is 1. The summed E-state index contributed by atoms with van der Waals surface area (Å²) in [5.74, 6) is 1.54. The highest BCUT2D eigenvalue weighted by Gasteiger charge is 2.35. The molecule has 1 saturated heterocycles. The van der Waals surface area contributed by atoms with Gasteiger partial charge >= 0.3 is 0 Å². The van der Waals surface area contributed by atoms with E-state index in [0.717, 1.165) is 23.7 Å². The van der Waals surface area contributed by atoms with E-state index in [-0.39, 0.29) is 23.7 Å². The van der Waals surface area contributed by atoms with Gasteiger partial charge in [0.25, 0.3) is 5.91 Å². The first-order chi connectivity index (χ1) is 10.0.